The Morgan fingerprint density at radius 1 is 1.40 bits per heavy atom. The lowest BCUT2D eigenvalue weighted by molar-refractivity contribution is 0.543. The molecule has 82 valence electrons. The largest absolute Gasteiger partial charge is 0.324 e. The van der Waals surface area contributed by atoms with Gasteiger partial charge in [0.1, 0.15) is 5.82 Å². The van der Waals surface area contributed by atoms with E-state index in [1.54, 1.807) is 0 Å². The van der Waals surface area contributed by atoms with Crippen LogP contribution in [0.25, 0.3) is 0 Å². The molecule has 0 radical (unpaired) electrons. The molecule has 0 unspecified atom stereocenters. The number of nitrogens with two attached hydrogens (primary N) is 1. The molecule has 0 amide bonds. The third kappa shape index (κ3) is 2.44. The van der Waals surface area contributed by atoms with Crippen molar-refractivity contribution >= 4 is 23.2 Å². The van der Waals surface area contributed by atoms with Gasteiger partial charge in [-0.05, 0) is 24.5 Å². The maximum atomic E-state index is 13.5. The molecular formula is C11H12Cl2FN. The molecule has 1 aromatic rings. The second-order valence-electron chi connectivity index (χ2n) is 4.04. The molecule has 0 spiro atoms. The van der Waals surface area contributed by atoms with Crippen LogP contribution in [0.3, 0.4) is 0 Å². The molecule has 1 saturated carbocycles. The SMILES string of the molecule is N[C@H](CC1CC1)c1c(F)ccc(Cl)c1Cl. The van der Waals surface area contributed by atoms with Crippen molar-refractivity contribution in [2.24, 2.45) is 11.7 Å². The zero-order valence-electron chi connectivity index (χ0n) is 8.14. The van der Waals surface area contributed by atoms with Crippen molar-refractivity contribution in [1.82, 2.24) is 0 Å². The van der Waals surface area contributed by atoms with Gasteiger partial charge in [-0.2, -0.15) is 0 Å². The van der Waals surface area contributed by atoms with Gasteiger partial charge in [-0.1, -0.05) is 36.0 Å². The highest BCUT2D eigenvalue weighted by atomic mass is 35.5. The monoisotopic (exact) mass is 247 g/mol. The Bertz CT molecular complexity index is 377. The van der Waals surface area contributed by atoms with Crippen LogP contribution >= 0.6 is 23.2 Å². The smallest absolute Gasteiger partial charge is 0.129 e. The third-order valence-electron chi connectivity index (χ3n) is 2.73. The summed E-state index contributed by atoms with van der Waals surface area (Å²) in [6.07, 6.45) is 3.16. The van der Waals surface area contributed by atoms with E-state index < -0.39 is 0 Å². The maximum Gasteiger partial charge on any atom is 0.129 e. The summed E-state index contributed by atoms with van der Waals surface area (Å²) in [5.74, 6) is 0.270. The van der Waals surface area contributed by atoms with Gasteiger partial charge in [0.2, 0.25) is 0 Å². The lowest BCUT2D eigenvalue weighted by Gasteiger charge is -2.14. The summed E-state index contributed by atoms with van der Waals surface area (Å²) < 4.78 is 13.5. The fourth-order valence-corrected chi connectivity index (χ4v) is 2.17. The molecule has 1 aliphatic carbocycles. The standard InChI is InChI=1S/C11H12Cl2FN/c12-7-3-4-8(14)10(11(7)13)9(15)5-6-1-2-6/h3-4,6,9H,1-2,5,15H2/t9-/m1/s1. The second-order valence-corrected chi connectivity index (χ2v) is 4.83. The summed E-state index contributed by atoms with van der Waals surface area (Å²) in [4.78, 5) is 0. The van der Waals surface area contributed by atoms with Gasteiger partial charge in [0.15, 0.2) is 0 Å². The van der Waals surface area contributed by atoms with Crippen LogP contribution in [-0.4, -0.2) is 0 Å². The zero-order chi connectivity index (χ0) is 11.0. The van der Waals surface area contributed by atoms with Crippen molar-refractivity contribution in [3.63, 3.8) is 0 Å². The molecule has 0 heterocycles. The van der Waals surface area contributed by atoms with E-state index in [1.165, 1.54) is 25.0 Å². The summed E-state index contributed by atoms with van der Waals surface area (Å²) in [5.41, 5.74) is 6.28. The number of rotatable bonds is 3. The first-order chi connectivity index (χ1) is 7.09. The van der Waals surface area contributed by atoms with E-state index in [1.807, 2.05) is 0 Å². The molecule has 4 heteroatoms. The van der Waals surface area contributed by atoms with Crippen molar-refractivity contribution in [2.45, 2.75) is 25.3 Å². The van der Waals surface area contributed by atoms with Crippen LogP contribution in [-0.2, 0) is 0 Å². The van der Waals surface area contributed by atoms with E-state index in [-0.39, 0.29) is 16.9 Å². The van der Waals surface area contributed by atoms with Crippen LogP contribution in [0.15, 0.2) is 12.1 Å². The van der Waals surface area contributed by atoms with Gasteiger partial charge in [0.25, 0.3) is 0 Å². The van der Waals surface area contributed by atoms with Crippen LogP contribution < -0.4 is 5.73 Å². The molecule has 0 aromatic heterocycles. The van der Waals surface area contributed by atoms with E-state index in [0.717, 1.165) is 6.42 Å². The molecule has 1 aromatic carbocycles. The Morgan fingerprint density at radius 2 is 2.07 bits per heavy atom. The quantitative estimate of drug-likeness (QED) is 0.805. The first-order valence-corrected chi connectivity index (χ1v) is 5.74. The predicted octanol–water partition coefficient (Wildman–Crippen LogP) is 3.93. The number of hydrogen-bond acceptors (Lipinski definition) is 1. The van der Waals surface area contributed by atoms with Gasteiger partial charge >= 0.3 is 0 Å². The first kappa shape index (κ1) is 11.2. The van der Waals surface area contributed by atoms with Crippen molar-refractivity contribution < 1.29 is 4.39 Å². The highest BCUT2D eigenvalue weighted by Gasteiger charge is 2.27. The Morgan fingerprint density at radius 3 is 2.67 bits per heavy atom. The predicted molar refractivity (Wildman–Crippen MR) is 60.7 cm³/mol. The average Bonchev–Trinajstić information content (AvgIpc) is 2.96. The molecule has 0 aliphatic heterocycles. The topological polar surface area (TPSA) is 26.0 Å². The minimum Gasteiger partial charge on any atom is -0.324 e. The van der Waals surface area contributed by atoms with Crippen LogP contribution in [0.1, 0.15) is 30.9 Å². The fraction of sp³-hybridized carbons (Fsp3) is 0.455. The Labute approximate surface area is 98.4 Å². The Hall–Kier alpha value is -0.310. The fourth-order valence-electron chi connectivity index (χ4n) is 1.71. The summed E-state index contributed by atoms with van der Waals surface area (Å²) in [6.45, 7) is 0. The zero-order valence-corrected chi connectivity index (χ0v) is 9.65. The average molecular weight is 248 g/mol. The van der Waals surface area contributed by atoms with Crippen LogP contribution in [0.5, 0.6) is 0 Å². The minimum atomic E-state index is -0.363. The third-order valence-corrected chi connectivity index (χ3v) is 3.55. The number of hydrogen-bond donors (Lipinski definition) is 1. The number of benzene rings is 1. The minimum absolute atomic E-state index is 0.254. The summed E-state index contributed by atoms with van der Waals surface area (Å²) in [6, 6.07) is 2.42. The maximum absolute atomic E-state index is 13.5. The van der Waals surface area contributed by atoms with Gasteiger partial charge < -0.3 is 5.73 Å². The Balaban J connectivity index is 2.27. The highest BCUT2D eigenvalue weighted by molar-refractivity contribution is 6.42. The molecule has 1 nitrogen and oxygen atoms in total. The van der Waals surface area contributed by atoms with Crippen molar-refractivity contribution in [3.8, 4) is 0 Å². The normalized spacial score (nSPS) is 17.9. The molecule has 2 N–H and O–H groups in total. The van der Waals surface area contributed by atoms with Crippen molar-refractivity contribution in [2.75, 3.05) is 0 Å². The van der Waals surface area contributed by atoms with E-state index in [0.29, 0.717) is 16.5 Å². The number of halogens is 3. The van der Waals surface area contributed by atoms with Gasteiger partial charge in [0, 0.05) is 11.6 Å². The van der Waals surface area contributed by atoms with Gasteiger partial charge in [0.05, 0.1) is 10.0 Å². The van der Waals surface area contributed by atoms with E-state index in [4.69, 9.17) is 28.9 Å². The van der Waals surface area contributed by atoms with Crippen molar-refractivity contribution in [1.29, 1.82) is 0 Å². The van der Waals surface area contributed by atoms with Crippen molar-refractivity contribution in [3.05, 3.63) is 33.6 Å². The molecular weight excluding hydrogens is 236 g/mol. The summed E-state index contributed by atoms with van der Waals surface area (Å²) in [5, 5.41) is 0.615. The van der Waals surface area contributed by atoms with Gasteiger partial charge in [-0.3, -0.25) is 0 Å². The van der Waals surface area contributed by atoms with Crippen LogP contribution in [0, 0.1) is 11.7 Å². The van der Waals surface area contributed by atoms with E-state index >= 15 is 0 Å². The molecule has 0 saturated heterocycles. The molecule has 2 rings (SSSR count). The highest BCUT2D eigenvalue weighted by Crippen LogP contribution is 2.40. The molecule has 0 bridgehead atoms. The lowest BCUT2D eigenvalue weighted by atomic mass is 10.0. The van der Waals surface area contributed by atoms with Crippen LogP contribution in [0.2, 0.25) is 10.0 Å². The molecule has 15 heavy (non-hydrogen) atoms. The molecule has 1 atom stereocenters. The lowest BCUT2D eigenvalue weighted by Crippen LogP contribution is -2.13. The van der Waals surface area contributed by atoms with Gasteiger partial charge in [-0.25, -0.2) is 4.39 Å². The van der Waals surface area contributed by atoms with Crippen LogP contribution in [0.4, 0.5) is 4.39 Å². The second kappa shape index (κ2) is 4.28. The van der Waals surface area contributed by atoms with E-state index in [9.17, 15) is 4.39 Å². The van der Waals surface area contributed by atoms with E-state index in [2.05, 4.69) is 0 Å². The molecule has 1 aliphatic rings. The molecule has 1 fully saturated rings. The first-order valence-electron chi connectivity index (χ1n) is 4.98. The summed E-state index contributed by atoms with van der Waals surface area (Å²) >= 11 is 11.8. The summed E-state index contributed by atoms with van der Waals surface area (Å²) in [7, 11) is 0. The van der Waals surface area contributed by atoms with Gasteiger partial charge in [-0.15, -0.1) is 0 Å². The Kier molecular flexibility index (Phi) is 3.19.